The van der Waals surface area contributed by atoms with E-state index in [4.69, 9.17) is 0 Å². The van der Waals surface area contributed by atoms with Crippen molar-refractivity contribution < 1.29 is 0 Å². The monoisotopic (exact) mass is 300 g/mol. The molecule has 0 bridgehead atoms. The van der Waals surface area contributed by atoms with Gasteiger partial charge in [-0.3, -0.25) is 0 Å². The molecule has 0 nitrogen and oxygen atoms in total. The summed E-state index contributed by atoms with van der Waals surface area (Å²) in [5, 5.41) is 0. The van der Waals surface area contributed by atoms with Crippen molar-refractivity contribution in [1.82, 2.24) is 0 Å². The van der Waals surface area contributed by atoms with E-state index < -0.39 is 0 Å². The molecule has 0 amide bonds. The quantitative estimate of drug-likeness (QED) is 0.400. The molecule has 0 aromatic rings. The second kappa shape index (κ2) is 22.3. The Hall–Kier alpha value is 0. The highest BCUT2D eigenvalue weighted by atomic mass is 14.0. The van der Waals surface area contributed by atoms with Gasteiger partial charge < -0.3 is 0 Å². The topological polar surface area (TPSA) is 0 Å². The van der Waals surface area contributed by atoms with Crippen molar-refractivity contribution in [3.05, 3.63) is 0 Å². The average molecular weight is 301 g/mol. The maximum atomic E-state index is 2.34. The first kappa shape index (κ1) is 25.9. The number of rotatable bonds is 9. The number of hydrogen-bond donors (Lipinski definition) is 0. The van der Waals surface area contributed by atoms with Gasteiger partial charge in [-0.1, -0.05) is 120 Å². The van der Waals surface area contributed by atoms with Gasteiger partial charge >= 0.3 is 0 Å². The van der Waals surface area contributed by atoms with Crippen LogP contribution in [0.3, 0.4) is 0 Å². The summed E-state index contributed by atoms with van der Waals surface area (Å²) in [7, 11) is 0. The second-order valence-electron chi connectivity index (χ2n) is 7.17. The fraction of sp³-hybridized carbons (Fsp3) is 1.00. The third kappa shape index (κ3) is 33.1. The van der Waals surface area contributed by atoms with Crippen LogP contribution in [-0.4, -0.2) is 0 Å². The maximum absolute atomic E-state index is 2.34. The predicted octanol–water partition coefficient (Wildman–Crippen LogP) is 8.50. The van der Waals surface area contributed by atoms with Gasteiger partial charge in [0, 0.05) is 0 Å². The maximum Gasteiger partial charge on any atom is -0.0443 e. The first-order valence-electron chi connectivity index (χ1n) is 9.89. The SMILES string of the molecule is CCCC(C)C.CCCC(C)CC.CCCC(C)CCC. The average Bonchev–Trinajstić information content (AvgIpc) is 2.41. The van der Waals surface area contributed by atoms with Crippen molar-refractivity contribution in [1.29, 1.82) is 0 Å². The van der Waals surface area contributed by atoms with E-state index in [1.54, 1.807) is 0 Å². The van der Waals surface area contributed by atoms with Crippen LogP contribution in [0.5, 0.6) is 0 Å². The van der Waals surface area contributed by atoms with Gasteiger partial charge in [-0.05, 0) is 17.8 Å². The van der Waals surface area contributed by atoms with Crippen molar-refractivity contribution in [3.8, 4) is 0 Å². The summed E-state index contributed by atoms with van der Waals surface area (Å²) in [5.41, 5.74) is 0. The fourth-order valence-corrected chi connectivity index (χ4v) is 2.40. The van der Waals surface area contributed by atoms with Gasteiger partial charge in [-0.2, -0.15) is 0 Å². The summed E-state index contributed by atoms with van der Waals surface area (Å²) in [6, 6.07) is 0. The van der Waals surface area contributed by atoms with E-state index in [1.807, 2.05) is 0 Å². The largest absolute Gasteiger partial charge is 0.0654 e. The third-order valence-corrected chi connectivity index (χ3v) is 3.91. The molecule has 0 aliphatic carbocycles. The Labute approximate surface area is 138 Å². The third-order valence-electron chi connectivity index (χ3n) is 3.91. The zero-order valence-corrected chi connectivity index (χ0v) is 17.1. The minimum absolute atomic E-state index is 0.898. The van der Waals surface area contributed by atoms with Crippen LogP contribution in [0.2, 0.25) is 0 Å². The molecule has 0 heterocycles. The molecule has 0 aliphatic rings. The van der Waals surface area contributed by atoms with E-state index in [9.17, 15) is 0 Å². The van der Waals surface area contributed by atoms with E-state index >= 15 is 0 Å². The molecule has 0 spiro atoms. The smallest absolute Gasteiger partial charge is 0.0443 e. The van der Waals surface area contributed by atoms with Gasteiger partial charge in [0.1, 0.15) is 0 Å². The van der Waals surface area contributed by atoms with Crippen molar-refractivity contribution in [3.63, 3.8) is 0 Å². The Bertz CT molecular complexity index is 142. The van der Waals surface area contributed by atoms with Crippen LogP contribution < -0.4 is 0 Å². The van der Waals surface area contributed by atoms with Crippen molar-refractivity contribution in [2.75, 3.05) is 0 Å². The lowest BCUT2D eigenvalue weighted by atomic mass is 10.0. The molecule has 0 heteroatoms. The fourth-order valence-electron chi connectivity index (χ4n) is 2.40. The summed E-state index contributed by atoms with van der Waals surface area (Å²) < 4.78 is 0. The van der Waals surface area contributed by atoms with Crippen LogP contribution in [0.1, 0.15) is 120 Å². The lowest BCUT2D eigenvalue weighted by Crippen LogP contribution is -1.91. The highest BCUT2D eigenvalue weighted by Crippen LogP contribution is 2.10. The van der Waals surface area contributed by atoms with Crippen molar-refractivity contribution >= 4 is 0 Å². The summed E-state index contributed by atoms with van der Waals surface area (Å²) >= 11 is 0. The minimum Gasteiger partial charge on any atom is -0.0654 e. The van der Waals surface area contributed by atoms with Crippen molar-refractivity contribution in [2.24, 2.45) is 17.8 Å². The Morgan fingerprint density at radius 1 is 0.476 bits per heavy atom. The van der Waals surface area contributed by atoms with E-state index in [0.717, 1.165) is 17.8 Å². The molecule has 0 aromatic carbocycles. The lowest BCUT2D eigenvalue weighted by Gasteiger charge is -2.05. The van der Waals surface area contributed by atoms with Crippen LogP contribution >= 0.6 is 0 Å². The van der Waals surface area contributed by atoms with Crippen LogP contribution in [0.4, 0.5) is 0 Å². The summed E-state index contributed by atoms with van der Waals surface area (Å²) in [5.74, 6) is 2.81. The molecule has 0 saturated carbocycles. The summed E-state index contributed by atoms with van der Waals surface area (Å²) in [6.07, 6.45) is 12.3. The molecule has 1 unspecified atom stereocenters. The van der Waals surface area contributed by atoms with Crippen LogP contribution in [0.15, 0.2) is 0 Å². The standard InChI is InChI=1S/C8H18.C7H16.C6H14/c1-4-6-8(3)7-5-2;1-4-6-7(3)5-2;1-4-5-6(2)3/h8H,4-7H2,1-3H3;7H,4-6H2,1-3H3;6H,4-5H2,1-3H3. The van der Waals surface area contributed by atoms with Gasteiger partial charge in [0.25, 0.3) is 0 Å². The van der Waals surface area contributed by atoms with E-state index in [0.29, 0.717) is 0 Å². The molecule has 0 aliphatic heterocycles. The zero-order chi connectivity index (χ0) is 17.1. The van der Waals surface area contributed by atoms with Gasteiger partial charge in [0.05, 0.1) is 0 Å². The van der Waals surface area contributed by atoms with Crippen LogP contribution in [0.25, 0.3) is 0 Å². The molecule has 21 heavy (non-hydrogen) atoms. The molecule has 0 radical (unpaired) electrons. The normalized spacial score (nSPS) is 11.6. The molecule has 132 valence electrons. The Morgan fingerprint density at radius 3 is 0.952 bits per heavy atom. The second-order valence-corrected chi connectivity index (χ2v) is 7.17. The predicted molar refractivity (Wildman–Crippen MR) is 103 cm³/mol. The Balaban J connectivity index is -0.000000234. The Kier molecular flexibility index (Phi) is 27.5. The lowest BCUT2D eigenvalue weighted by molar-refractivity contribution is 0.480. The molecule has 0 saturated heterocycles. The molecule has 1 atom stereocenters. The van der Waals surface area contributed by atoms with Gasteiger partial charge in [0.2, 0.25) is 0 Å². The van der Waals surface area contributed by atoms with Gasteiger partial charge in [-0.25, -0.2) is 0 Å². The van der Waals surface area contributed by atoms with Crippen LogP contribution in [0, 0.1) is 17.8 Å². The molecular formula is C21H48. The summed E-state index contributed by atoms with van der Waals surface area (Å²) in [4.78, 5) is 0. The highest BCUT2D eigenvalue weighted by molar-refractivity contribution is 4.49. The zero-order valence-electron chi connectivity index (χ0n) is 17.1. The van der Waals surface area contributed by atoms with Gasteiger partial charge in [-0.15, -0.1) is 0 Å². The van der Waals surface area contributed by atoms with Gasteiger partial charge in [0.15, 0.2) is 0 Å². The molecule has 0 aromatic heterocycles. The van der Waals surface area contributed by atoms with E-state index in [2.05, 4.69) is 62.3 Å². The molecule has 0 fully saturated rings. The first-order valence-corrected chi connectivity index (χ1v) is 9.89. The van der Waals surface area contributed by atoms with E-state index in [1.165, 1.54) is 57.8 Å². The Morgan fingerprint density at radius 2 is 0.810 bits per heavy atom. The molecule has 0 N–H and O–H groups in total. The van der Waals surface area contributed by atoms with Crippen molar-refractivity contribution in [2.45, 2.75) is 120 Å². The first-order chi connectivity index (χ1) is 9.89. The van der Waals surface area contributed by atoms with Crippen LogP contribution in [-0.2, 0) is 0 Å². The summed E-state index contributed by atoms with van der Waals surface area (Å²) in [6.45, 7) is 20.4. The molecule has 0 rings (SSSR count). The number of hydrogen-bond acceptors (Lipinski definition) is 0. The highest BCUT2D eigenvalue weighted by Gasteiger charge is 1.95. The molecular weight excluding hydrogens is 252 g/mol. The minimum atomic E-state index is 0.898. The van der Waals surface area contributed by atoms with E-state index in [-0.39, 0.29) is 0 Å².